The summed E-state index contributed by atoms with van der Waals surface area (Å²) < 4.78 is 32.9. The Morgan fingerprint density at radius 1 is 1.24 bits per heavy atom. The molecule has 0 bridgehead atoms. The zero-order valence-electron chi connectivity index (χ0n) is 10.9. The second kappa shape index (κ2) is 7.66. The molecule has 5 nitrogen and oxygen atoms in total. The Labute approximate surface area is 103 Å². The van der Waals surface area contributed by atoms with Gasteiger partial charge in [-0.15, -0.1) is 0 Å². The van der Waals surface area contributed by atoms with Gasteiger partial charge in [0.25, 0.3) is 0 Å². The van der Waals surface area contributed by atoms with Crippen molar-refractivity contribution in [3.05, 3.63) is 0 Å². The third kappa shape index (κ3) is 8.15. The van der Waals surface area contributed by atoms with Crippen LogP contribution in [0.5, 0.6) is 0 Å². The summed E-state index contributed by atoms with van der Waals surface area (Å²) in [7, 11) is -2.01. The van der Waals surface area contributed by atoms with Gasteiger partial charge in [0.15, 0.2) is 9.84 Å². The van der Waals surface area contributed by atoms with Gasteiger partial charge in [-0.05, 0) is 5.92 Å². The number of rotatable bonds is 8. The molecule has 0 aliphatic heterocycles. The highest BCUT2D eigenvalue weighted by molar-refractivity contribution is 7.91. The van der Waals surface area contributed by atoms with E-state index >= 15 is 0 Å². The fourth-order valence-electron chi connectivity index (χ4n) is 1.24. The first-order chi connectivity index (χ1) is 7.78. The summed E-state index contributed by atoms with van der Waals surface area (Å²) >= 11 is 0. The zero-order valence-corrected chi connectivity index (χ0v) is 11.7. The van der Waals surface area contributed by atoms with Gasteiger partial charge in [-0.2, -0.15) is 0 Å². The molecule has 0 heterocycles. The van der Waals surface area contributed by atoms with Crippen LogP contribution in [0.25, 0.3) is 0 Å². The van der Waals surface area contributed by atoms with Crippen molar-refractivity contribution < 1.29 is 22.7 Å². The Morgan fingerprint density at radius 2 is 1.82 bits per heavy atom. The maximum absolute atomic E-state index is 11.6. The molecule has 0 aliphatic carbocycles. The fraction of sp³-hybridized carbons (Fsp3) is 0.909. The van der Waals surface area contributed by atoms with E-state index in [4.69, 9.17) is 4.74 Å². The van der Waals surface area contributed by atoms with Crippen molar-refractivity contribution in [3.63, 3.8) is 0 Å². The maximum atomic E-state index is 11.6. The molecule has 0 radical (unpaired) electrons. The van der Waals surface area contributed by atoms with Crippen LogP contribution in [0.3, 0.4) is 0 Å². The van der Waals surface area contributed by atoms with Gasteiger partial charge in [0, 0.05) is 6.61 Å². The van der Waals surface area contributed by atoms with Crippen LogP contribution < -0.4 is 0 Å². The molecule has 1 unspecified atom stereocenters. The van der Waals surface area contributed by atoms with Crippen LogP contribution in [0.15, 0.2) is 0 Å². The minimum Gasteiger partial charge on any atom is -0.469 e. The molecule has 17 heavy (non-hydrogen) atoms. The number of carbonyl (C=O) groups excluding carboxylic acids is 1. The Bertz CT molecular complexity index is 321. The minimum atomic E-state index is -3.26. The predicted molar refractivity (Wildman–Crippen MR) is 65.5 cm³/mol. The van der Waals surface area contributed by atoms with Crippen molar-refractivity contribution in [2.45, 2.75) is 20.8 Å². The summed E-state index contributed by atoms with van der Waals surface area (Å²) in [5.41, 5.74) is 0. The van der Waals surface area contributed by atoms with Crippen LogP contribution in [0.4, 0.5) is 0 Å². The van der Waals surface area contributed by atoms with Crippen LogP contribution in [-0.2, 0) is 24.1 Å². The monoisotopic (exact) mass is 266 g/mol. The van der Waals surface area contributed by atoms with E-state index in [9.17, 15) is 13.2 Å². The number of methoxy groups -OCH3 is 1. The number of hydrogen-bond acceptors (Lipinski definition) is 5. The number of ether oxygens (including phenoxy) is 2. The molecule has 102 valence electrons. The van der Waals surface area contributed by atoms with Crippen molar-refractivity contribution in [2.75, 3.05) is 31.8 Å². The topological polar surface area (TPSA) is 69.7 Å². The molecular formula is C11H22O5S. The highest BCUT2D eigenvalue weighted by atomic mass is 32.2. The molecular weight excluding hydrogens is 244 g/mol. The first-order valence-electron chi connectivity index (χ1n) is 5.64. The van der Waals surface area contributed by atoms with Crippen molar-refractivity contribution in [1.82, 2.24) is 0 Å². The van der Waals surface area contributed by atoms with Gasteiger partial charge in [0.1, 0.15) is 0 Å². The largest absolute Gasteiger partial charge is 0.469 e. The van der Waals surface area contributed by atoms with Gasteiger partial charge in [0.05, 0.1) is 31.1 Å². The molecule has 0 aromatic heterocycles. The Kier molecular flexibility index (Phi) is 7.38. The molecule has 0 amide bonds. The third-order valence-corrected chi connectivity index (χ3v) is 3.89. The molecule has 0 saturated heterocycles. The van der Waals surface area contributed by atoms with Gasteiger partial charge in [-0.1, -0.05) is 20.8 Å². The molecule has 0 aromatic carbocycles. The van der Waals surface area contributed by atoms with Gasteiger partial charge >= 0.3 is 5.97 Å². The Morgan fingerprint density at radius 3 is 2.29 bits per heavy atom. The van der Waals surface area contributed by atoms with Crippen molar-refractivity contribution in [3.8, 4) is 0 Å². The summed E-state index contributed by atoms with van der Waals surface area (Å²) in [4.78, 5) is 11.1. The van der Waals surface area contributed by atoms with Crippen molar-refractivity contribution >= 4 is 15.8 Å². The number of sulfone groups is 1. The van der Waals surface area contributed by atoms with E-state index in [1.807, 2.05) is 13.8 Å². The lowest BCUT2D eigenvalue weighted by Gasteiger charge is -2.10. The predicted octanol–water partition coefficient (Wildman–Crippen LogP) is 0.883. The molecule has 0 aromatic rings. The lowest BCUT2D eigenvalue weighted by Crippen LogP contribution is -2.26. The van der Waals surface area contributed by atoms with Crippen molar-refractivity contribution in [1.29, 1.82) is 0 Å². The Balaban J connectivity index is 4.00. The summed E-state index contributed by atoms with van der Waals surface area (Å²) in [6.45, 7) is 6.25. The average Bonchev–Trinajstić information content (AvgIpc) is 2.22. The molecule has 0 N–H and O–H groups in total. The van der Waals surface area contributed by atoms with Crippen LogP contribution in [0.2, 0.25) is 0 Å². The van der Waals surface area contributed by atoms with E-state index < -0.39 is 21.7 Å². The van der Waals surface area contributed by atoms with Crippen LogP contribution >= 0.6 is 0 Å². The average molecular weight is 266 g/mol. The van der Waals surface area contributed by atoms with E-state index in [0.29, 0.717) is 12.5 Å². The molecule has 0 saturated carbocycles. The quantitative estimate of drug-likeness (QED) is 0.482. The summed E-state index contributed by atoms with van der Waals surface area (Å²) in [5.74, 6) is -0.996. The van der Waals surface area contributed by atoms with E-state index in [1.54, 1.807) is 6.92 Å². The normalized spacial score (nSPS) is 13.7. The lowest BCUT2D eigenvalue weighted by atomic mass is 10.2. The second-order valence-corrected chi connectivity index (χ2v) is 6.74. The molecule has 0 rings (SSSR count). The number of hydrogen-bond donors (Lipinski definition) is 0. The third-order valence-electron chi connectivity index (χ3n) is 2.10. The van der Waals surface area contributed by atoms with E-state index in [2.05, 4.69) is 4.74 Å². The highest BCUT2D eigenvalue weighted by Crippen LogP contribution is 2.04. The SMILES string of the molecule is COC(=O)C(C)CS(=O)(=O)CCOCC(C)C. The molecule has 0 aliphatic rings. The van der Waals surface area contributed by atoms with Gasteiger partial charge < -0.3 is 9.47 Å². The summed E-state index contributed by atoms with van der Waals surface area (Å²) in [6.07, 6.45) is 0. The van der Waals surface area contributed by atoms with Crippen LogP contribution in [-0.4, -0.2) is 46.2 Å². The summed E-state index contributed by atoms with van der Waals surface area (Å²) in [5, 5.41) is 0. The molecule has 1 atom stereocenters. The van der Waals surface area contributed by atoms with Gasteiger partial charge in [-0.3, -0.25) is 4.79 Å². The lowest BCUT2D eigenvalue weighted by molar-refractivity contribution is -0.144. The highest BCUT2D eigenvalue weighted by Gasteiger charge is 2.21. The molecule has 0 spiro atoms. The van der Waals surface area contributed by atoms with Crippen LogP contribution in [0.1, 0.15) is 20.8 Å². The minimum absolute atomic E-state index is 0.0545. The number of esters is 1. The van der Waals surface area contributed by atoms with E-state index in [0.717, 1.165) is 0 Å². The fourth-order valence-corrected chi connectivity index (χ4v) is 2.67. The second-order valence-electron chi connectivity index (χ2n) is 4.51. The number of carbonyl (C=O) groups is 1. The first kappa shape index (κ1) is 16.4. The van der Waals surface area contributed by atoms with Gasteiger partial charge in [0.2, 0.25) is 0 Å². The zero-order chi connectivity index (χ0) is 13.5. The summed E-state index contributed by atoms with van der Waals surface area (Å²) in [6, 6.07) is 0. The van der Waals surface area contributed by atoms with E-state index in [-0.39, 0.29) is 18.1 Å². The maximum Gasteiger partial charge on any atom is 0.309 e. The van der Waals surface area contributed by atoms with Gasteiger partial charge in [-0.25, -0.2) is 8.42 Å². The first-order valence-corrected chi connectivity index (χ1v) is 7.46. The van der Waals surface area contributed by atoms with Crippen LogP contribution in [0, 0.1) is 11.8 Å². The standard InChI is InChI=1S/C11H22O5S/c1-9(2)7-16-5-6-17(13,14)8-10(3)11(12)15-4/h9-10H,5-8H2,1-4H3. The molecule has 0 fully saturated rings. The smallest absolute Gasteiger partial charge is 0.309 e. The van der Waals surface area contributed by atoms with E-state index in [1.165, 1.54) is 7.11 Å². The molecule has 6 heteroatoms. The Hall–Kier alpha value is -0.620. The van der Waals surface area contributed by atoms with Crippen molar-refractivity contribution in [2.24, 2.45) is 11.8 Å².